The lowest BCUT2D eigenvalue weighted by atomic mass is 10.1. The number of sulfonamides is 1. The summed E-state index contributed by atoms with van der Waals surface area (Å²) in [7, 11) is -3.88. The third kappa shape index (κ3) is 6.29. The van der Waals surface area contributed by atoms with Crippen LogP contribution in [0.4, 0.5) is 10.1 Å². The van der Waals surface area contributed by atoms with E-state index in [0.717, 1.165) is 35.8 Å². The van der Waals surface area contributed by atoms with Crippen molar-refractivity contribution in [3.63, 3.8) is 0 Å². The predicted molar refractivity (Wildman–Crippen MR) is 125 cm³/mol. The van der Waals surface area contributed by atoms with Crippen molar-refractivity contribution in [3.8, 4) is 0 Å². The van der Waals surface area contributed by atoms with E-state index in [1.54, 1.807) is 13.0 Å². The van der Waals surface area contributed by atoms with E-state index in [1.165, 1.54) is 43.0 Å². The molecule has 1 aliphatic rings. The third-order valence-electron chi connectivity index (χ3n) is 5.73. The normalized spacial score (nSPS) is 15.8. The molecular weight excluding hydrogens is 429 g/mol. The number of nitrogens with one attached hydrogen (secondary N) is 1. The number of amides is 1. The van der Waals surface area contributed by atoms with E-state index in [9.17, 15) is 17.6 Å². The average molecular weight is 462 g/mol. The second-order valence-corrected chi connectivity index (χ2v) is 10.2. The summed E-state index contributed by atoms with van der Waals surface area (Å²) < 4.78 is 40.2. The molecular formula is C24H32FN3O3S. The molecule has 1 saturated heterocycles. The highest BCUT2D eigenvalue weighted by Crippen LogP contribution is 2.25. The molecule has 3 rings (SSSR count). The molecule has 2 aromatic rings. The van der Waals surface area contributed by atoms with Gasteiger partial charge in [-0.1, -0.05) is 49.7 Å². The maximum absolute atomic E-state index is 14.4. The van der Waals surface area contributed by atoms with Crippen molar-refractivity contribution in [1.82, 2.24) is 10.2 Å². The summed E-state index contributed by atoms with van der Waals surface area (Å²) in [4.78, 5) is 15.4. The Balaban J connectivity index is 1.70. The first-order valence-corrected chi connectivity index (χ1v) is 13.0. The number of benzene rings is 2. The summed E-state index contributed by atoms with van der Waals surface area (Å²) in [6.45, 7) is 5.09. The first-order chi connectivity index (χ1) is 15.3. The van der Waals surface area contributed by atoms with Gasteiger partial charge in [0.05, 0.1) is 11.9 Å². The summed E-state index contributed by atoms with van der Waals surface area (Å²) >= 11 is 0. The van der Waals surface area contributed by atoms with Crippen molar-refractivity contribution in [2.45, 2.75) is 51.7 Å². The summed E-state index contributed by atoms with van der Waals surface area (Å²) in [5.74, 6) is -1.14. The van der Waals surface area contributed by atoms with Crippen LogP contribution in [-0.2, 0) is 27.9 Å². The molecule has 0 saturated carbocycles. The lowest BCUT2D eigenvalue weighted by molar-refractivity contribution is -0.122. The van der Waals surface area contributed by atoms with Crippen molar-refractivity contribution in [1.29, 1.82) is 0 Å². The van der Waals surface area contributed by atoms with Crippen LogP contribution in [0.5, 0.6) is 0 Å². The van der Waals surface area contributed by atoms with Gasteiger partial charge in [-0.3, -0.25) is 14.0 Å². The van der Waals surface area contributed by atoms with Crippen molar-refractivity contribution in [3.05, 3.63) is 65.5 Å². The summed E-state index contributed by atoms with van der Waals surface area (Å²) in [5, 5.41) is 2.84. The van der Waals surface area contributed by atoms with Gasteiger partial charge in [0.15, 0.2) is 0 Å². The predicted octanol–water partition coefficient (Wildman–Crippen LogP) is 3.67. The molecule has 1 N–H and O–H groups in total. The highest BCUT2D eigenvalue weighted by Gasteiger charge is 2.32. The maximum atomic E-state index is 14.4. The molecule has 0 aliphatic carbocycles. The van der Waals surface area contributed by atoms with Crippen LogP contribution in [0.15, 0.2) is 48.5 Å². The topological polar surface area (TPSA) is 69.7 Å². The van der Waals surface area contributed by atoms with Gasteiger partial charge in [-0.15, -0.1) is 0 Å². The Kier molecular flexibility index (Phi) is 8.26. The second-order valence-electron chi connectivity index (χ2n) is 8.31. The Bertz CT molecular complexity index is 1020. The molecule has 1 atom stereocenters. The van der Waals surface area contributed by atoms with E-state index >= 15 is 0 Å². The fourth-order valence-corrected chi connectivity index (χ4v) is 5.40. The zero-order chi connectivity index (χ0) is 23.1. The highest BCUT2D eigenvalue weighted by atomic mass is 32.2. The van der Waals surface area contributed by atoms with Crippen LogP contribution in [0.1, 0.15) is 43.7 Å². The van der Waals surface area contributed by atoms with Gasteiger partial charge >= 0.3 is 0 Å². The molecule has 1 fully saturated rings. The number of hydrogen-bond acceptors (Lipinski definition) is 4. The molecule has 8 heteroatoms. The van der Waals surface area contributed by atoms with E-state index in [1.807, 2.05) is 12.1 Å². The Morgan fingerprint density at radius 2 is 1.78 bits per heavy atom. The summed E-state index contributed by atoms with van der Waals surface area (Å²) in [6, 6.07) is 12.6. The average Bonchev–Trinajstić information content (AvgIpc) is 2.77. The number of para-hydroxylation sites is 1. The number of nitrogens with zero attached hydrogens (tertiary/aromatic N) is 2. The molecule has 2 aromatic carbocycles. The molecule has 32 heavy (non-hydrogen) atoms. The first kappa shape index (κ1) is 24.2. The molecule has 0 unspecified atom stereocenters. The molecule has 174 valence electrons. The number of likely N-dealkylation sites (tertiary alicyclic amines) is 1. The largest absolute Gasteiger partial charge is 0.350 e. The lowest BCUT2D eigenvalue weighted by Crippen LogP contribution is -2.49. The Hall–Kier alpha value is -2.45. The Morgan fingerprint density at radius 3 is 2.44 bits per heavy atom. The minimum Gasteiger partial charge on any atom is -0.350 e. The third-order valence-corrected chi connectivity index (χ3v) is 6.90. The number of piperidine rings is 1. The van der Waals surface area contributed by atoms with E-state index in [0.29, 0.717) is 0 Å². The molecule has 6 nitrogen and oxygen atoms in total. The van der Waals surface area contributed by atoms with Gasteiger partial charge in [-0.2, -0.15) is 0 Å². The smallest absolute Gasteiger partial charge is 0.244 e. The molecule has 1 aliphatic heterocycles. The van der Waals surface area contributed by atoms with Gasteiger partial charge in [-0.05, 0) is 55.6 Å². The standard InChI is InChI=1S/C24H32FN3O3S/c1-3-22(28(32(2,30)31)23-13-6-5-12-21(23)25)24(29)26-17-19-10-9-11-20(16-19)18-27-14-7-4-8-15-27/h5-6,9-13,16,22H,3-4,7-8,14-15,17-18H2,1-2H3,(H,26,29)/t22-/m1/s1. The maximum Gasteiger partial charge on any atom is 0.244 e. The minimum absolute atomic E-state index is 0.125. The number of anilines is 1. The van der Waals surface area contributed by atoms with Crippen molar-refractivity contribution < 1.29 is 17.6 Å². The highest BCUT2D eigenvalue weighted by molar-refractivity contribution is 7.92. The second kappa shape index (κ2) is 10.9. The minimum atomic E-state index is -3.88. The SMILES string of the molecule is CC[C@H](C(=O)NCc1cccc(CN2CCCCC2)c1)N(c1ccccc1F)S(C)(=O)=O. The van der Waals surface area contributed by atoms with E-state index in [-0.39, 0.29) is 18.7 Å². The van der Waals surface area contributed by atoms with Crippen LogP contribution >= 0.6 is 0 Å². The fraction of sp³-hybridized carbons (Fsp3) is 0.458. The van der Waals surface area contributed by atoms with Crippen LogP contribution in [0.25, 0.3) is 0 Å². The van der Waals surface area contributed by atoms with Crippen LogP contribution in [-0.4, -0.2) is 44.6 Å². The molecule has 0 radical (unpaired) electrons. The molecule has 0 aromatic heterocycles. The zero-order valence-electron chi connectivity index (χ0n) is 18.8. The van der Waals surface area contributed by atoms with Crippen LogP contribution < -0.4 is 9.62 Å². The quantitative estimate of drug-likeness (QED) is 0.619. The van der Waals surface area contributed by atoms with E-state index in [2.05, 4.69) is 22.3 Å². The number of hydrogen-bond donors (Lipinski definition) is 1. The number of carbonyl (C=O) groups excluding carboxylic acids is 1. The van der Waals surface area contributed by atoms with Gasteiger partial charge in [0.1, 0.15) is 11.9 Å². The summed E-state index contributed by atoms with van der Waals surface area (Å²) in [5.41, 5.74) is 2.01. The van der Waals surface area contributed by atoms with Crippen LogP contribution in [0.2, 0.25) is 0 Å². The number of rotatable bonds is 9. The Morgan fingerprint density at radius 1 is 1.09 bits per heavy atom. The van der Waals surface area contributed by atoms with Crippen LogP contribution in [0.3, 0.4) is 0 Å². The monoisotopic (exact) mass is 461 g/mol. The van der Waals surface area contributed by atoms with Crippen molar-refractivity contribution in [2.75, 3.05) is 23.7 Å². The van der Waals surface area contributed by atoms with E-state index in [4.69, 9.17) is 0 Å². The molecule has 0 bridgehead atoms. The van der Waals surface area contributed by atoms with E-state index < -0.39 is 27.8 Å². The van der Waals surface area contributed by atoms with Gasteiger partial charge in [0.2, 0.25) is 15.9 Å². The van der Waals surface area contributed by atoms with Gasteiger partial charge < -0.3 is 5.32 Å². The molecule has 0 spiro atoms. The number of halogens is 1. The van der Waals surface area contributed by atoms with Gasteiger partial charge in [0.25, 0.3) is 0 Å². The lowest BCUT2D eigenvalue weighted by Gasteiger charge is -2.30. The molecule has 1 amide bonds. The summed E-state index contributed by atoms with van der Waals surface area (Å²) in [6.07, 6.45) is 4.94. The Labute approximate surface area is 190 Å². The van der Waals surface area contributed by atoms with Crippen molar-refractivity contribution >= 4 is 21.6 Å². The fourth-order valence-electron chi connectivity index (χ4n) is 4.19. The first-order valence-electron chi connectivity index (χ1n) is 11.1. The van der Waals surface area contributed by atoms with Crippen molar-refractivity contribution in [2.24, 2.45) is 0 Å². The molecule has 1 heterocycles. The van der Waals surface area contributed by atoms with Gasteiger partial charge in [0, 0.05) is 13.1 Å². The zero-order valence-corrected chi connectivity index (χ0v) is 19.6. The number of carbonyl (C=O) groups is 1. The van der Waals surface area contributed by atoms with Gasteiger partial charge in [-0.25, -0.2) is 12.8 Å². The van der Waals surface area contributed by atoms with Crippen LogP contribution in [0, 0.1) is 5.82 Å².